The van der Waals surface area contributed by atoms with E-state index < -0.39 is 0 Å². The minimum Gasteiger partial charge on any atom is -0.469 e. The van der Waals surface area contributed by atoms with Crippen LogP contribution in [0.5, 0.6) is 0 Å². The molecule has 20 heavy (non-hydrogen) atoms. The number of nitrogens with one attached hydrogen (secondary N) is 1. The monoisotopic (exact) mass is 293 g/mol. The van der Waals surface area contributed by atoms with Crippen LogP contribution in [0.1, 0.15) is 12.7 Å². The Kier molecular flexibility index (Phi) is 5.24. The van der Waals surface area contributed by atoms with Crippen molar-refractivity contribution in [3.05, 3.63) is 54.2 Å². The predicted molar refractivity (Wildman–Crippen MR) is 77.1 cm³/mol. The van der Waals surface area contributed by atoms with Gasteiger partial charge in [0.1, 0.15) is 11.6 Å². The molecule has 0 spiro atoms. The van der Waals surface area contributed by atoms with Gasteiger partial charge in [-0.3, -0.25) is 4.79 Å². The summed E-state index contributed by atoms with van der Waals surface area (Å²) in [5.41, 5.74) is 0. The van der Waals surface area contributed by atoms with Gasteiger partial charge in [-0.2, -0.15) is 0 Å². The molecule has 1 amide bonds. The Hall–Kier alpha value is -1.75. The third-order valence-corrected chi connectivity index (χ3v) is 3.69. The third kappa shape index (κ3) is 4.74. The van der Waals surface area contributed by atoms with Crippen molar-refractivity contribution < 1.29 is 13.6 Å². The zero-order chi connectivity index (χ0) is 14.4. The molecule has 1 atom stereocenters. The van der Waals surface area contributed by atoms with Gasteiger partial charge in [0.2, 0.25) is 5.91 Å². The van der Waals surface area contributed by atoms with Crippen molar-refractivity contribution in [1.82, 2.24) is 5.32 Å². The first-order chi connectivity index (χ1) is 9.63. The lowest BCUT2D eigenvalue weighted by molar-refractivity contribution is -0.119. The zero-order valence-corrected chi connectivity index (χ0v) is 12.0. The molecule has 0 aliphatic rings. The van der Waals surface area contributed by atoms with Crippen LogP contribution in [-0.2, 0) is 11.2 Å². The maximum atomic E-state index is 12.7. The second kappa shape index (κ2) is 7.14. The van der Waals surface area contributed by atoms with Gasteiger partial charge < -0.3 is 9.73 Å². The molecule has 5 heteroatoms. The summed E-state index contributed by atoms with van der Waals surface area (Å²) < 4.78 is 18.0. The van der Waals surface area contributed by atoms with E-state index in [0.717, 1.165) is 10.7 Å². The summed E-state index contributed by atoms with van der Waals surface area (Å²) in [6, 6.07) is 9.84. The minimum absolute atomic E-state index is 0.0162. The Balaban J connectivity index is 1.73. The highest BCUT2D eigenvalue weighted by Crippen LogP contribution is 2.17. The molecule has 2 aromatic rings. The molecule has 0 aliphatic heterocycles. The smallest absolute Gasteiger partial charge is 0.230 e. The highest BCUT2D eigenvalue weighted by atomic mass is 32.2. The van der Waals surface area contributed by atoms with Gasteiger partial charge in [0.05, 0.1) is 12.0 Å². The fourth-order valence-electron chi connectivity index (χ4n) is 1.78. The molecule has 106 valence electrons. The molecule has 0 fully saturated rings. The van der Waals surface area contributed by atoms with Crippen LogP contribution in [0.3, 0.4) is 0 Å². The molecular formula is C15H16FNO2S. The Bertz CT molecular complexity index is 540. The van der Waals surface area contributed by atoms with Crippen molar-refractivity contribution in [2.45, 2.75) is 24.3 Å². The number of rotatable bonds is 6. The summed E-state index contributed by atoms with van der Waals surface area (Å²) in [6.07, 6.45) is 2.29. The van der Waals surface area contributed by atoms with E-state index in [9.17, 15) is 9.18 Å². The number of carbonyl (C=O) groups excluding carboxylic acids is 1. The zero-order valence-electron chi connectivity index (χ0n) is 11.1. The third-order valence-electron chi connectivity index (χ3n) is 2.68. The Morgan fingerprint density at radius 2 is 2.10 bits per heavy atom. The van der Waals surface area contributed by atoms with Crippen molar-refractivity contribution >= 4 is 17.7 Å². The lowest BCUT2D eigenvalue weighted by atomic mass is 10.2. The molecule has 3 nitrogen and oxygen atoms in total. The minimum atomic E-state index is -0.272. The van der Waals surface area contributed by atoms with Gasteiger partial charge in [-0.25, -0.2) is 4.39 Å². The topological polar surface area (TPSA) is 42.2 Å². The molecule has 0 bridgehead atoms. The number of thioether (sulfide) groups is 1. The van der Waals surface area contributed by atoms with Gasteiger partial charge >= 0.3 is 0 Å². The molecule has 2 rings (SSSR count). The van der Waals surface area contributed by atoms with E-state index in [2.05, 4.69) is 5.32 Å². The average Bonchev–Trinajstić information content (AvgIpc) is 2.90. The van der Waals surface area contributed by atoms with Gasteiger partial charge in [-0.15, -0.1) is 11.8 Å². The Morgan fingerprint density at radius 3 is 2.75 bits per heavy atom. The summed E-state index contributed by atoms with van der Waals surface area (Å²) in [7, 11) is 0. The maximum Gasteiger partial charge on any atom is 0.230 e. The van der Waals surface area contributed by atoms with Crippen LogP contribution in [0.2, 0.25) is 0 Å². The van der Waals surface area contributed by atoms with Crippen LogP contribution in [0.15, 0.2) is 52.0 Å². The fraction of sp³-hybridized carbons (Fsp3) is 0.267. The first-order valence-electron chi connectivity index (χ1n) is 6.33. The van der Waals surface area contributed by atoms with Crippen molar-refractivity contribution in [1.29, 1.82) is 0 Å². The molecule has 1 aromatic carbocycles. The van der Waals surface area contributed by atoms with Crippen molar-refractivity contribution in [2.24, 2.45) is 0 Å². The number of furan rings is 1. The molecular weight excluding hydrogens is 277 g/mol. The molecule has 0 saturated carbocycles. The van der Waals surface area contributed by atoms with Crippen molar-refractivity contribution in [2.75, 3.05) is 5.75 Å². The van der Waals surface area contributed by atoms with Gasteiger partial charge in [-0.05, 0) is 43.3 Å². The van der Waals surface area contributed by atoms with E-state index in [1.54, 1.807) is 18.4 Å². The van der Waals surface area contributed by atoms with Crippen LogP contribution < -0.4 is 5.32 Å². The van der Waals surface area contributed by atoms with Gasteiger partial charge in [0.25, 0.3) is 0 Å². The maximum absolute atomic E-state index is 12.7. The largest absolute Gasteiger partial charge is 0.469 e. The Labute approximate surface area is 121 Å². The number of carbonyl (C=O) groups is 1. The molecule has 0 unspecified atom stereocenters. The van der Waals surface area contributed by atoms with Crippen LogP contribution in [-0.4, -0.2) is 17.7 Å². The summed E-state index contributed by atoms with van der Waals surface area (Å²) in [5.74, 6) is 0.849. The SMILES string of the molecule is C[C@H](Cc1ccco1)NC(=O)CSc1ccc(F)cc1. The standard InChI is InChI=1S/C15H16FNO2S/c1-11(9-13-3-2-8-19-13)17-15(18)10-20-14-6-4-12(16)5-7-14/h2-8,11H,9-10H2,1H3,(H,17,18)/t11-/m1/s1. The number of hydrogen-bond acceptors (Lipinski definition) is 3. The summed E-state index contributed by atoms with van der Waals surface area (Å²) in [4.78, 5) is 12.7. The molecule has 0 radical (unpaired) electrons. The predicted octanol–water partition coefficient (Wildman–Crippen LogP) is 3.26. The molecule has 1 N–H and O–H groups in total. The summed E-state index contributed by atoms with van der Waals surface area (Å²) in [6.45, 7) is 1.93. The van der Waals surface area contributed by atoms with E-state index in [1.807, 2.05) is 19.1 Å². The van der Waals surface area contributed by atoms with Crippen LogP contribution >= 0.6 is 11.8 Å². The van der Waals surface area contributed by atoms with Crippen LogP contribution in [0.25, 0.3) is 0 Å². The second-order valence-electron chi connectivity index (χ2n) is 4.49. The number of halogens is 1. The van der Waals surface area contributed by atoms with Gasteiger partial charge in [0, 0.05) is 17.4 Å². The lowest BCUT2D eigenvalue weighted by Crippen LogP contribution is -2.35. The van der Waals surface area contributed by atoms with E-state index in [0.29, 0.717) is 12.2 Å². The van der Waals surface area contributed by atoms with Crippen molar-refractivity contribution in [3.8, 4) is 0 Å². The lowest BCUT2D eigenvalue weighted by Gasteiger charge is -2.12. The highest BCUT2D eigenvalue weighted by molar-refractivity contribution is 8.00. The van der Waals surface area contributed by atoms with E-state index in [-0.39, 0.29) is 17.8 Å². The summed E-state index contributed by atoms with van der Waals surface area (Å²) in [5, 5.41) is 2.91. The highest BCUT2D eigenvalue weighted by Gasteiger charge is 2.10. The van der Waals surface area contributed by atoms with E-state index >= 15 is 0 Å². The number of hydrogen-bond donors (Lipinski definition) is 1. The fourth-order valence-corrected chi connectivity index (χ4v) is 2.49. The molecule has 1 heterocycles. The molecule has 0 aliphatic carbocycles. The summed E-state index contributed by atoms with van der Waals surface area (Å²) >= 11 is 1.39. The van der Waals surface area contributed by atoms with Crippen LogP contribution in [0.4, 0.5) is 4.39 Å². The normalized spacial score (nSPS) is 12.1. The van der Waals surface area contributed by atoms with Gasteiger partial charge in [0.15, 0.2) is 0 Å². The van der Waals surface area contributed by atoms with Gasteiger partial charge in [-0.1, -0.05) is 0 Å². The molecule has 1 aromatic heterocycles. The first-order valence-corrected chi connectivity index (χ1v) is 7.32. The van der Waals surface area contributed by atoms with Crippen LogP contribution in [0, 0.1) is 5.82 Å². The number of benzene rings is 1. The van der Waals surface area contributed by atoms with E-state index in [4.69, 9.17) is 4.42 Å². The Morgan fingerprint density at radius 1 is 1.35 bits per heavy atom. The van der Waals surface area contributed by atoms with E-state index in [1.165, 1.54) is 23.9 Å². The average molecular weight is 293 g/mol. The number of amides is 1. The first kappa shape index (κ1) is 14.7. The second-order valence-corrected chi connectivity index (χ2v) is 5.54. The molecule has 0 saturated heterocycles. The quantitative estimate of drug-likeness (QED) is 0.831. The van der Waals surface area contributed by atoms with Crippen molar-refractivity contribution in [3.63, 3.8) is 0 Å².